The standard InChI is InChI=1S/C29H33ClN2O2S/c1-4-22(3)31-29(34)27(18-23-11-6-5-7-12-23)32(19-24-13-9-8-10-21(24)2)28(33)20-35-26-16-14-25(30)15-17-26/h5-17,22,27H,4,18-20H2,1-3H3,(H,31,34)/t22-,27-/m1/s1. The number of nitrogens with zero attached hydrogens (tertiary/aromatic N) is 1. The van der Waals surface area contributed by atoms with Gasteiger partial charge in [-0.05, 0) is 61.2 Å². The van der Waals surface area contributed by atoms with E-state index in [0.717, 1.165) is 28.0 Å². The molecule has 6 heteroatoms. The number of carbonyl (C=O) groups is 2. The van der Waals surface area contributed by atoms with Crippen molar-refractivity contribution in [3.63, 3.8) is 0 Å². The van der Waals surface area contributed by atoms with Gasteiger partial charge in [-0.25, -0.2) is 0 Å². The highest BCUT2D eigenvalue weighted by Crippen LogP contribution is 2.23. The van der Waals surface area contributed by atoms with Crippen molar-refractivity contribution in [1.82, 2.24) is 10.2 Å². The van der Waals surface area contributed by atoms with Gasteiger partial charge in [0.05, 0.1) is 5.75 Å². The van der Waals surface area contributed by atoms with E-state index in [9.17, 15) is 9.59 Å². The van der Waals surface area contributed by atoms with E-state index in [1.165, 1.54) is 11.8 Å². The van der Waals surface area contributed by atoms with Crippen molar-refractivity contribution < 1.29 is 9.59 Å². The molecule has 0 aliphatic rings. The van der Waals surface area contributed by atoms with Gasteiger partial charge in [0.1, 0.15) is 6.04 Å². The van der Waals surface area contributed by atoms with Crippen molar-refractivity contribution in [3.05, 3.63) is 101 Å². The van der Waals surface area contributed by atoms with E-state index in [-0.39, 0.29) is 23.6 Å². The molecule has 0 bridgehead atoms. The predicted octanol–water partition coefficient (Wildman–Crippen LogP) is 6.30. The van der Waals surface area contributed by atoms with Crippen molar-refractivity contribution in [2.45, 2.75) is 57.1 Å². The van der Waals surface area contributed by atoms with Crippen molar-refractivity contribution >= 4 is 35.2 Å². The summed E-state index contributed by atoms with van der Waals surface area (Å²) in [6.07, 6.45) is 1.27. The van der Waals surface area contributed by atoms with Gasteiger partial charge in [0, 0.05) is 28.9 Å². The van der Waals surface area contributed by atoms with Crippen LogP contribution >= 0.6 is 23.4 Å². The lowest BCUT2D eigenvalue weighted by molar-refractivity contribution is -0.139. The molecule has 35 heavy (non-hydrogen) atoms. The molecule has 0 aliphatic heterocycles. The number of aryl methyl sites for hydroxylation is 1. The summed E-state index contributed by atoms with van der Waals surface area (Å²) < 4.78 is 0. The molecule has 3 aromatic rings. The highest BCUT2D eigenvalue weighted by Gasteiger charge is 2.31. The van der Waals surface area contributed by atoms with Crippen LogP contribution in [0.3, 0.4) is 0 Å². The maximum atomic E-state index is 13.7. The van der Waals surface area contributed by atoms with Crippen LogP contribution in [-0.4, -0.2) is 34.6 Å². The van der Waals surface area contributed by atoms with Crippen molar-refractivity contribution in [1.29, 1.82) is 0 Å². The third kappa shape index (κ3) is 8.15. The van der Waals surface area contributed by atoms with Gasteiger partial charge in [-0.3, -0.25) is 9.59 Å². The van der Waals surface area contributed by atoms with E-state index in [4.69, 9.17) is 11.6 Å². The van der Waals surface area contributed by atoms with Crippen molar-refractivity contribution in [2.75, 3.05) is 5.75 Å². The Morgan fingerprint density at radius 1 is 0.971 bits per heavy atom. The number of rotatable bonds is 11. The molecule has 0 aromatic heterocycles. The van der Waals surface area contributed by atoms with E-state index in [1.807, 2.05) is 99.6 Å². The lowest BCUT2D eigenvalue weighted by Crippen LogP contribution is -2.52. The molecule has 0 unspecified atom stereocenters. The first kappa shape index (κ1) is 26.8. The summed E-state index contributed by atoms with van der Waals surface area (Å²) in [6.45, 7) is 6.43. The molecule has 0 heterocycles. The van der Waals surface area contributed by atoms with E-state index in [1.54, 1.807) is 4.90 Å². The Hall–Kier alpha value is -2.76. The van der Waals surface area contributed by atoms with Gasteiger partial charge >= 0.3 is 0 Å². The van der Waals surface area contributed by atoms with E-state index < -0.39 is 6.04 Å². The first-order valence-electron chi connectivity index (χ1n) is 11.9. The van der Waals surface area contributed by atoms with Crippen molar-refractivity contribution in [2.24, 2.45) is 0 Å². The lowest BCUT2D eigenvalue weighted by Gasteiger charge is -2.32. The molecule has 2 amide bonds. The number of amides is 2. The molecule has 0 fully saturated rings. The minimum atomic E-state index is -0.621. The molecule has 184 valence electrons. The summed E-state index contributed by atoms with van der Waals surface area (Å²) in [4.78, 5) is 29.9. The molecular weight excluding hydrogens is 476 g/mol. The Kier molecular flexibility index (Phi) is 10.2. The topological polar surface area (TPSA) is 49.4 Å². The summed E-state index contributed by atoms with van der Waals surface area (Å²) in [5.41, 5.74) is 3.15. The zero-order chi connectivity index (χ0) is 25.2. The van der Waals surface area contributed by atoms with E-state index in [0.29, 0.717) is 18.0 Å². The van der Waals surface area contributed by atoms with Gasteiger partial charge in [0.15, 0.2) is 0 Å². The second-order valence-electron chi connectivity index (χ2n) is 8.71. The van der Waals surface area contributed by atoms with Crippen LogP contribution in [0.15, 0.2) is 83.8 Å². The molecule has 0 saturated heterocycles. The largest absolute Gasteiger partial charge is 0.352 e. The second-order valence-corrected chi connectivity index (χ2v) is 10.2. The van der Waals surface area contributed by atoms with Crippen LogP contribution in [0.4, 0.5) is 0 Å². The summed E-state index contributed by atoms with van der Waals surface area (Å²) in [5, 5.41) is 3.77. The number of hydrogen-bond donors (Lipinski definition) is 1. The quantitative estimate of drug-likeness (QED) is 0.309. The average Bonchev–Trinajstić information content (AvgIpc) is 2.87. The first-order valence-corrected chi connectivity index (χ1v) is 13.3. The normalized spacial score (nSPS) is 12.6. The Morgan fingerprint density at radius 3 is 2.29 bits per heavy atom. The molecule has 0 aliphatic carbocycles. The fourth-order valence-electron chi connectivity index (χ4n) is 3.72. The van der Waals surface area contributed by atoms with Crippen LogP contribution in [-0.2, 0) is 22.6 Å². The van der Waals surface area contributed by atoms with Crippen LogP contribution in [0.25, 0.3) is 0 Å². The zero-order valence-electron chi connectivity index (χ0n) is 20.5. The Balaban J connectivity index is 1.91. The first-order chi connectivity index (χ1) is 16.9. The third-order valence-corrected chi connectivity index (χ3v) is 7.30. The molecule has 0 radical (unpaired) electrons. The fraction of sp³-hybridized carbons (Fsp3) is 0.310. The smallest absolute Gasteiger partial charge is 0.243 e. The van der Waals surface area contributed by atoms with Crippen LogP contribution < -0.4 is 5.32 Å². The summed E-state index contributed by atoms with van der Waals surface area (Å²) in [5.74, 6) is 0.0325. The Bertz CT molecular complexity index is 1110. The monoisotopic (exact) mass is 508 g/mol. The summed E-state index contributed by atoms with van der Waals surface area (Å²) in [7, 11) is 0. The summed E-state index contributed by atoms with van der Waals surface area (Å²) >= 11 is 7.46. The van der Waals surface area contributed by atoms with Gasteiger partial charge in [-0.2, -0.15) is 0 Å². The van der Waals surface area contributed by atoms with Crippen LogP contribution in [0, 0.1) is 6.92 Å². The molecule has 4 nitrogen and oxygen atoms in total. The third-order valence-electron chi connectivity index (χ3n) is 6.05. The molecule has 1 N–H and O–H groups in total. The van der Waals surface area contributed by atoms with E-state index >= 15 is 0 Å². The zero-order valence-corrected chi connectivity index (χ0v) is 22.1. The van der Waals surface area contributed by atoms with Crippen LogP contribution in [0.5, 0.6) is 0 Å². The van der Waals surface area contributed by atoms with Gasteiger partial charge in [-0.1, -0.05) is 73.1 Å². The number of halogens is 1. The highest BCUT2D eigenvalue weighted by atomic mass is 35.5. The molecule has 0 spiro atoms. The average molecular weight is 509 g/mol. The fourth-order valence-corrected chi connectivity index (χ4v) is 4.64. The predicted molar refractivity (Wildman–Crippen MR) is 146 cm³/mol. The Morgan fingerprint density at radius 2 is 1.63 bits per heavy atom. The van der Waals surface area contributed by atoms with Crippen molar-refractivity contribution in [3.8, 4) is 0 Å². The minimum Gasteiger partial charge on any atom is -0.352 e. The maximum absolute atomic E-state index is 13.7. The molecule has 3 aromatic carbocycles. The van der Waals surface area contributed by atoms with Gasteiger partial charge in [-0.15, -0.1) is 11.8 Å². The number of thioether (sulfide) groups is 1. The highest BCUT2D eigenvalue weighted by molar-refractivity contribution is 8.00. The summed E-state index contributed by atoms with van der Waals surface area (Å²) in [6, 6.07) is 24.7. The maximum Gasteiger partial charge on any atom is 0.243 e. The van der Waals surface area contributed by atoms with Gasteiger partial charge in [0.25, 0.3) is 0 Å². The number of nitrogens with one attached hydrogen (secondary N) is 1. The Labute approximate surface area is 218 Å². The molecule has 2 atom stereocenters. The lowest BCUT2D eigenvalue weighted by atomic mass is 10.0. The van der Waals surface area contributed by atoms with Gasteiger partial charge in [0.2, 0.25) is 11.8 Å². The molecule has 3 rings (SSSR count). The number of hydrogen-bond acceptors (Lipinski definition) is 3. The van der Waals surface area contributed by atoms with E-state index in [2.05, 4.69) is 5.32 Å². The number of carbonyl (C=O) groups excluding carboxylic acids is 2. The van der Waals surface area contributed by atoms with Crippen LogP contribution in [0.2, 0.25) is 5.02 Å². The number of benzene rings is 3. The van der Waals surface area contributed by atoms with Crippen LogP contribution in [0.1, 0.15) is 37.0 Å². The van der Waals surface area contributed by atoms with Gasteiger partial charge < -0.3 is 10.2 Å². The SMILES string of the molecule is CC[C@@H](C)NC(=O)[C@@H](Cc1ccccc1)N(Cc1ccccc1C)C(=O)CSc1ccc(Cl)cc1. The second kappa shape index (κ2) is 13.4. The molecular formula is C29H33ClN2O2S. The minimum absolute atomic E-state index is 0.0274. The molecule has 0 saturated carbocycles.